The van der Waals surface area contributed by atoms with Crippen molar-refractivity contribution in [2.24, 2.45) is 11.8 Å². The topological polar surface area (TPSA) is 94.0 Å². The van der Waals surface area contributed by atoms with E-state index in [0.29, 0.717) is 0 Å². The van der Waals surface area contributed by atoms with E-state index in [0.717, 1.165) is 11.8 Å². The third-order valence-corrected chi connectivity index (χ3v) is 1.28. The van der Waals surface area contributed by atoms with E-state index in [1.165, 1.54) is 13.1 Å². The molecule has 14 heavy (non-hydrogen) atoms. The number of hydrogen-bond acceptors (Lipinski definition) is 3. The first kappa shape index (κ1) is 16.3. The lowest BCUT2D eigenvalue weighted by atomic mass is 10.2. The van der Waals surface area contributed by atoms with E-state index < -0.39 is 10.4 Å². The van der Waals surface area contributed by atoms with Gasteiger partial charge in [-0.2, -0.15) is 0 Å². The molecule has 0 aromatic carbocycles. The fourth-order valence-corrected chi connectivity index (χ4v) is 0.763. The molecule has 0 radical (unpaired) electrons. The molecule has 0 bridgehead atoms. The van der Waals surface area contributed by atoms with Crippen molar-refractivity contribution < 1.29 is 22.8 Å². The van der Waals surface area contributed by atoms with Gasteiger partial charge in [-0.15, -0.1) is 0 Å². The van der Waals surface area contributed by atoms with E-state index in [9.17, 15) is 0 Å². The molecule has 0 heterocycles. The molecule has 0 saturated heterocycles. The van der Waals surface area contributed by atoms with Crippen molar-refractivity contribution in [3.05, 3.63) is 0 Å². The molecule has 0 saturated carbocycles. The molecule has 0 aliphatic carbocycles. The first-order chi connectivity index (χ1) is 6.13. The van der Waals surface area contributed by atoms with Gasteiger partial charge in [0.05, 0.1) is 13.1 Å². The van der Waals surface area contributed by atoms with E-state index in [1.54, 1.807) is 0 Å². The summed E-state index contributed by atoms with van der Waals surface area (Å²) in [6, 6.07) is 0. The molecule has 0 aromatic heterocycles. The van der Waals surface area contributed by atoms with Gasteiger partial charge in [0.15, 0.2) is 0 Å². The quantitative estimate of drug-likeness (QED) is 0.516. The van der Waals surface area contributed by atoms with Crippen molar-refractivity contribution >= 4 is 10.4 Å². The van der Waals surface area contributed by atoms with Crippen molar-refractivity contribution in [3.8, 4) is 0 Å². The maximum atomic E-state index is 8.63. The van der Waals surface area contributed by atoms with E-state index in [4.69, 9.17) is 17.5 Å². The normalized spacial score (nSPS) is 11.4. The fraction of sp³-hybridized carbons (Fsp3) is 1.00. The summed E-state index contributed by atoms with van der Waals surface area (Å²) in [5.74, 6) is 1.67. The second-order valence-corrected chi connectivity index (χ2v) is 4.83. The molecule has 0 aromatic rings. The molecule has 0 aliphatic rings. The Bertz CT molecular complexity index is 195. The molecule has 0 fully saturated rings. The van der Waals surface area contributed by atoms with Gasteiger partial charge in [-0.05, 0) is 0 Å². The monoisotopic (exact) mass is 227 g/mol. The Balaban J connectivity index is 0. The number of rotatable bonds is 4. The highest BCUT2D eigenvalue weighted by Gasteiger charge is 1.97. The van der Waals surface area contributed by atoms with Crippen LogP contribution in [-0.4, -0.2) is 30.6 Å². The highest BCUT2D eigenvalue weighted by Crippen LogP contribution is 1.85. The van der Waals surface area contributed by atoms with Gasteiger partial charge < -0.3 is 9.87 Å². The van der Waals surface area contributed by atoms with Crippen molar-refractivity contribution in [3.63, 3.8) is 0 Å². The van der Waals surface area contributed by atoms with Gasteiger partial charge >= 0.3 is 0 Å². The number of quaternary nitrogens is 1. The van der Waals surface area contributed by atoms with Gasteiger partial charge in [0, 0.05) is 11.8 Å². The number of hydrogen-bond donors (Lipinski definition) is 2. The lowest BCUT2D eigenvalue weighted by Crippen LogP contribution is -2.86. The Morgan fingerprint density at radius 3 is 1.50 bits per heavy atom. The summed E-state index contributed by atoms with van der Waals surface area (Å²) in [6.45, 7) is 11.6. The van der Waals surface area contributed by atoms with Crippen LogP contribution in [0, 0.1) is 11.8 Å². The molecule has 0 unspecified atom stereocenters. The van der Waals surface area contributed by atoms with Crippen molar-refractivity contribution in [1.82, 2.24) is 0 Å². The van der Waals surface area contributed by atoms with Crippen LogP contribution in [0.3, 0.4) is 0 Å². The summed E-state index contributed by atoms with van der Waals surface area (Å²) in [5, 5.41) is 2.40. The smallest absolute Gasteiger partial charge is 0.215 e. The third kappa shape index (κ3) is 40.8. The van der Waals surface area contributed by atoms with Gasteiger partial charge in [0.25, 0.3) is 0 Å². The Hall–Kier alpha value is -0.170. The Kier molecular flexibility index (Phi) is 9.49. The summed E-state index contributed by atoms with van der Waals surface area (Å²) in [5.41, 5.74) is 0. The largest absolute Gasteiger partial charge is 0.726 e. The molecule has 0 aliphatic heterocycles. The predicted molar refractivity (Wildman–Crippen MR) is 53.7 cm³/mol. The average Bonchev–Trinajstić information content (AvgIpc) is 1.80. The van der Waals surface area contributed by atoms with Crippen LogP contribution in [0.5, 0.6) is 0 Å². The molecular formula is C8H21NO4S. The minimum Gasteiger partial charge on any atom is -0.726 e. The molecule has 3 N–H and O–H groups in total. The summed E-state index contributed by atoms with van der Waals surface area (Å²) < 4.78 is 32.8. The maximum Gasteiger partial charge on any atom is 0.215 e. The van der Waals surface area contributed by atoms with E-state index in [1.807, 2.05) is 0 Å². The standard InChI is InChI=1S/C8H19N.H2O4S/c1-7(2)5-9-6-8(3)4;1-5(2,3)4/h7-9H,5-6H2,1-4H3;(H2,1,2,3,4). The van der Waals surface area contributed by atoms with Crippen LogP contribution in [-0.2, 0) is 10.4 Å². The minimum atomic E-state index is -4.92. The van der Waals surface area contributed by atoms with Gasteiger partial charge in [0.2, 0.25) is 10.4 Å². The summed E-state index contributed by atoms with van der Waals surface area (Å²) in [6.07, 6.45) is 0. The van der Waals surface area contributed by atoms with E-state index in [-0.39, 0.29) is 0 Å². The second kappa shape index (κ2) is 8.16. The maximum absolute atomic E-state index is 8.63. The van der Waals surface area contributed by atoms with E-state index in [2.05, 4.69) is 33.0 Å². The Labute approximate surface area is 86.5 Å². The molecule has 0 spiro atoms. The van der Waals surface area contributed by atoms with Crippen molar-refractivity contribution in [1.29, 1.82) is 0 Å². The molecule has 5 nitrogen and oxygen atoms in total. The first-order valence-electron chi connectivity index (χ1n) is 4.62. The van der Waals surface area contributed by atoms with Gasteiger partial charge in [0.1, 0.15) is 0 Å². The molecule has 0 atom stereocenters. The third-order valence-electron chi connectivity index (χ3n) is 1.28. The zero-order chi connectivity index (χ0) is 11.8. The van der Waals surface area contributed by atoms with Gasteiger partial charge in [-0.1, -0.05) is 27.7 Å². The molecule has 88 valence electrons. The SMILES string of the molecule is CC(C)C[NH2+]CC(C)C.O=S(=O)([O-])O. The van der Waals surface area contributed by atoms with Crippen molar-refractivity contribution in [2.45, 2.75) is 27.7 Å². The van der Waals surface area contributed by atoms with Crippen LogP contribution in [0.25, 0.3) is 0 Å². The second-order valence-electron chi connectivity index (χ2n) is 3.98. The van der Waals surface area contributed by atoms with E-state index >= 15 is 0 Å². The highest BCUT2D eigenvalue weighted by atomic mass is 32.3. The van der Waals surface area contributed by atoms with Crippen LogP contribution in [0.1, 0.15) is 27.7 Å². The van der Waals surface area contributed by atoms with Gasteiger partial charge in [-0.3, -0.25) is 4.55 Å². The lowest BCUT2D eigenvalue weighted by molar-refractivity contribution is -0.664. The zero-order valence-electron chi connectivity index (χ0n) is 9.23. The molecule has 0 amide bonds. The molecular weight excluding hydrogens is 206 g/mol. The predicted octanol–water partition coefficient (Wildman–Crippen LogP) is -0.134. The first-order valence-corrected chi connectivity index (χ1v) is 5.99. The fourth-order valence-electron chi connectivity index (χ4n) is 0.763. The Morgan fingerprint density at radius 1 is 1.14 bits per heavy atom. The zero-order valence-corrected chi connectivity index (χ0v) is 10.0. The summed E-state index contributed by atoms with van der Waals surface area (Å²) in [4.78, 5) is 0. The molecule has 0 rings (SSSR count). The number of nitrogens with two attached hydrogens (primary N) is 1. The summed E-state index contributed by atoms with van der Waals surface area (Å²) >= 11 is 0. The Morgan fingerprint density at radius 2 is 1.36 bits per heavy atom. The van der Waals surface area contributed by atoms with Crippen LogP contribution in [0.2, 0.25) is 0 Å². The van der Waals surface area contributed by atoms with Crippen LogP contribution in [0.4, 0.5) is 0 Å². The van der Waals surface area contributed by atoms with Crippen LogP contribution >= 0.6 is 0 Å². The highest BCUT2D eigenvalue weighted by molar-refractivity contribution is 7.79. The average molecular weight is 227 g/mol. The molecule has 6 heteroatoms. The minimum absolute atomic E-state index is 0.837. The van der Waals surface area contributed by atoms with Gasteiger partial charge in [-0.25, -0.2) is 8.42 Å². The van der Waals surface area contributed by atoms with Crippen LogP contribution in [0.15, 0.2) is 0 Å². The van der Waals surface area contributed by atoms with Crippen LogP contribution < -0.4 is 5.32 Å². The van der Waals surface area contributed by atoms with Crippen molar-refractivity contribution in [2.75, 3.05) is 13.1 Å². The lowest BCUT2D eigenvalue weighted by Gasteiger charge is -2.05. The summed E-state index contributed by atoms with van der Waals surface area (Å²) in [7, 11) is -4.92.